The Morgan fingerprint density at radius 2 is 2.10 bits per heavy atom. The van der Waals surface area contributed by atoms with Crippen LogP contribution < -0.4 is 0 Å². The zero-order valence-electron chi connectivity index (χ0n) is 11.6. The molecule has 0 bridgehead atoms. The predicted octanol–water partition coefficient (Wildman–Crippen LogP) is 3.71. The number of esters is 1. The van der Waals surface area contributed by atoms with E-state index in [0.717, 1.165) is 0 Å². The number of benzene rings is 1. The van der Waals surface area contributed by atoms with Crippen molar-refractivity contribution in [2.45, 2.75) is 26.3 Å². The third kappa shape index (κ3) is 4.69. The maximum absolute atomic E-state index is 11.6. The van der Waals surface area contributed by atoms with E-state index in [4.69, 9.17) is 27.9 Å². The van der Waals surface area contributed by atoms with E-state index in [1.807, 2.05) is 13.8 Å². The Morgan fingerprint density at radius 3 is 2.65 bits per heavy atom. The quantitative estimate of drug-likeness (QED) is 0.665. The lowest BCUT2D eigenvalue weighted by atomic mass is 10.0. The average Bonchev–Trinajstić information content (AvgIpc) is 2.38. The summed E-state index contributed by atoms with van der Waals surface area (Å²) >= 11 is 11.7. The summed E-state index contributed by atoms with van der Waals surface area (Å²) in [5, 5.41) is 10.3. The Kier molecular flexibility index (Phi) is 6.30. The number of aliphatic imine (C=N–C) groups is 1. The zero-order valence-corrected chi connectivity index (χ0v) is 13.1. The number of rotatable bonds is 5. The van der Waals surface area contributed by atoms with Gasteiger partial charge < -0.3 is 9.84 Å². The Labute approximate surface area is 128 Å². The minimum absolute atomic E-state index is 0.118. The van der Waals surface area contributed by atoms with Gasteiger partial charge in [0.2, 0.25) is 0 Å². The summed E-state index contributed by atoms with van der Waals surface area (Å²) in [7, 11) is 1.32. The highest BCUT2D eigenvalue weighted by Crippen LogP contribution is 2.30. The Bertz CT molecular complexity index is 515. The number of aromatic hydroxyl groups is 1. The number of hydrogen-bond acceptors (Lipinski definition) is 4. The summed E-state index contributed by atoms with van der Waals surface area (Å²) in [6, 6.07) is 2.34. The van der Waals surface area contributed by atoms with Crippen molar-refractivity contribution in [1.82, 2.24) is 0 Å². The molecule has 4 nitrogen and oxygen atoms in total. The Balaban J connectivity index is 3.01. The number of phenols is 1. The van der Waals surface area contributed by atoms with Gasteiger partial charge in [0.25, 0.3) is 0 Å². The molecule has 0 saturated carbocycles. The number of halogens is 2. The third-order valence-electron chi connectivity index (χ3n) is 2.62. The molecule has 0 spiro atoms. The standard InChI is InChI=1S/C14H17Cl2NO3/c1-8(2)4-12(14(19)20-3)17-7-9-5-10(15)6-11(16)13(9)18/h5-8,12,18H,4H2,1-3H3/t12-/m0/s1. The molecule has 1 atom stereocenters. The summed E-state index contributed by atoms with van der Waals surface area (Å²) in [6.45, 7) is 3.97. The number of phenolic OH excluding ortho intramolecular Hbond substituents is 1. The van der Waals surface area contributed by atoms with E-state index in [1.165, 1.54) is 25.5 Å². The number of methoxy groups -OCH3 is 1. The minimum atomic E-state index is -0.614. The van der Waals surface area contributed by atoms with Crippen molar-refractivity contribution < 1.29 is 14.6 Å². The molecular formula is C14H17Cl2NO3. The highest BCUT2D eigenvalue weighted by Gasteiger charge is 2.19. The second-order valence-electron chi connectivity index (χ2n) is 4.77. The molecule has 0 heterocycles. The van der Waals surface area contributed by atoms with Crippen LogP contribution in [0.15, 0.2) is 17.1 Å². The molecule has 0 unspecified atom stereocenters. The van der Waals surface area contributed by atoms with Gasteiger partial charge in [-0.1, -0.05) is 37.0 Å². The molecule has 1 rings (SSSR count). The fourth-order valence-electron chi connectivity index (χ4n) is 1.66. The van der Waals surface area contributed by atoms with Crippen molar-refractivity contribution in [3.05, 3.63) is 27.7 Å². The van der Waals surface area contributed by atoms with E-state index in [-0.39, 0.29) is 16.7 Å². The third-order valence-corrected chi connectivity index (χ3v) is 3.13. The van der Waals surface area contributed by atoms with Crippen LogP contribution in [0.3, 0.4) is 0 Å². The first-order valence-corrected chi connectivity index (χ1v) is 6.89. The highest BCUT2D eigenvalue weighted by atomic mass is 35.5. The Morgan fingerprint density at radius 1 is 1.45 bits per heavy atom. The topological polar surface area (TPSA) is 58.9 Å². The molecule has 0 aromatic heterocycles. The van der Waals surface area contributed by atoms with Crippen LogP contribution in [-0.2, 0) is 9.53 Å². The van der Waals surface area contributed by atoms with Crippen LogP contribution in [0, 0.1) is 5.92 Å². The first kappa shape index (κ1) is 16.8. The van der Waals surface area contributed by atoms with E-state index >= 15 is 0 Å². The molecule has 6 heteroatoms. The van der Waals surface area contributed by atoms with Gasteiger partial charge in [0.05, 0.1) is 12.1 Å². The smallest absolute Gasteiger partial charge is 0.330 e. The summed E-state index contributed by atoms with van der Waals surface area (Å²) < 4.78 is 4.71. The van der Waals surface area contributed by atoms with Crippen molar-refractivity contribution in [3.8, 4) is 5.75 Å². The van der Waals surface area contributed by atoms with Gasteiger partial charge in [0.15, 0.2) is 0 Å². The molecule has 1 N–H and O–H groups in total. The minimum Gasteiger partial charge on any atom is -0.506 e. The van der Waals surface area contributed by atoms with Crippen molar-refractivity contribution in [3.63, 3.8) is 0 Å². The summed E-state index contributed by atoms with van der Waals surface area (Å²) in [5.41, 5.74) is 0.361. The normalized spacial score (nSPS) is 12.9. The van der Waals surface area contributed by atoms with Crippen LogP contribution in [0.5, 0.6) is 5.75 Å². The van der Waals surface area contributed by atoms with Crippen LogP contribution >= 0.6 is 23.2 Å². The van der Waals surface area contributed by atoms with Gasteiger partial charge in [0.1, 0.15) is 11.8 Å². The van der Waals surface area contributed by atoms with Crippen LogP contribution in [0.2, 0.25) is 10.0 Å². The van der Waals surface area contributed by atoms with Crippen molar-refractivity contribution in [1.29, 1.82) is 0 Å². The molecule has 0 aliphatic heterocycles. The number of nitrogens with zero attached hydrogens (tertiary/aromatic N) is 1. The van der Waals surface area contributed by atoms with Gasteiger partial charge in [-0.2, -0.15) is 0 Å². The molecular weight excluding hydrogens is 301 g/mol. The second kappa shape index (κ2) is 7.50. The van der Waals surface area contributed by atoms with Gasteiger partial charge in [0, 0.05) is 16.8 Å². The van der Waals surface area contributed by atoms with Crippen LogP contribution in [0.1, 0.15) is 25.8 Å². The van der Waals surface area contributed by atoms with Gasteiger partial charge in [-0.05, 0) is 24.5 Å². The first-order chi connectivity index (χ1) is 9.35. The molecule has 0 fully saturated rings. The molecule has 0 amide bonds. The lowest BCUT2D eigenvalue weighted by Gasteiger charge is -2.12. The monoisotopic (exact) mass is 317 g/mol. The molecule has 0 saturated heterocycles. The zero-order chi connectivity index (χ0) is 15.3. The van der Waals surface area contributed by atoms with E-state index < -0.39 is 12.0 Å². The van der Waals surface area contributed by atoms with E-state index in [9.17, 15) is 9.90 Å². The van der Waals surface area contributed by atoms with E-state index in [2.05, 4.69) is 4.99 Å². The number of carbonyl (C=O) groups is 1. The van der Waals surface area contributed by atoms with Crippen molar-refractivity contribution >= 4 is 35.4 Å². The number of ether oxygens (including phenoxy) is 1. The highest BCUT2D eigenvalue weighted by molar-refractivity contribution is 6.36. The molecule has 0 aliphatic carbocycles. The molecule has 0 aliphatic rings. The number of carbonyl (C=O) groups excluding carboxylic acids is 1. The SMILES string of the molecule is COC(=O)[C@H](CC(C)C)N=Cc1cc(Cl)cc(Cl)c1O. The average molecular weight is 318 g/mol. The van der Waals surface area contributed by atoms with Gasteiger partial charge in [-0.25, -0.2) is 4.79 Å². The maximum atomic E-state index is 11.6. The lowest BCUT2D eigenvalue weighted by Crippen LogP contribution is -2.22. The second-order valence-corrected chi connectivity index (χ2v) is 5.62. The van der Waals surface area contributed by atoms with Gasteiger partial charge in [-0.15, -0.1) is 0 Å². The Hall–Kier alpha value is -1.26. The molecule has 0 radical (unpaired) electrons. The number of hydrogen-bond donors (Lipinski definition) is 1. The van der Waals surface area contributed by atoms with Gasteiger partial charge in [-0.3, -0.25) is 4.99 Å². The first-order valence-electron chi connectivity index (χ1n) is 6.14. The van der Waals surface area contributed by atoms with E-state index in [1.54, 1.807) is 0 Å². The predicted molar refractivity (Wildman–Crippen MR) is 81.0 cm³/mol. The van der Waals surface area contributed by atoms with E-state index in [0.29, 0.717) is 17.0 Å². The van der Waals surface area contributed by atoms with Crippen molar-refractivity contribution in [2.24, 2.45) is 10.9 Å². The largest absolute Gasteiger partial charge is 0.506 e. The van der Waals surface area contributed by atoms with Crippen LogP contribution in [-0.4, -0.2) is 30.4 Å². The van der Waals surface area contributed by atoms with Crippen LogP contribution in [0.25, 0.3) is 0 Å². The van der Waals surface area contributed by atoms with Crippen LogP contribution in [0.4, 0.5) is 0 Å². The molecule has 110 valence electrons. The van der Waals surface area contributed by atoms with Gasteiger partial charge >= 0.3 is 5.97 Å². The summed E-state index contributed by atoms with van der Waals surface area (Å²) in [6.07, 6.45) is 1.94. The molecule has 1 aromatic rings. The molecule has 1 aromatic carbocycles. The molecule has 20 heavy (non-hydrogen) atoms. The fraction of sp³-hybridized carbons (Fsp3) is 0.429. The summed E-state index contributed by atoms with van der Waals surface area (Å²) in [4.78, 5) is 15.8. The fourth-order valence-corrected chi connectivity index (χ4v) is 2.16. The summed E-state index contributed by atoms with van der Waals surface area (Å²) in [5.74, 6) is -0.247. The maximum Gasteiger partial charge on any atom is 0.330 e. The van der Waals surface area contributed by atoms with Crippen molar-refractivity contribution in [2.75, 3.05) is 7.11 Å². The lowest BCUT2D eigenvalue weighted by molar-refractivity contribution is -0.142.